The Morgan fingerprint density at radius 1 is 1.56 bits per heavy atom. The minimum Gasteiger partial charge on any atom is -0.468 e. The first-order chi connectivity index (χ1) is 8.56. The molecule has 1 atom stereocenters. The summed E-state index contributed by atoms with van der Waals surface area (Å²) in [4.78, 5) is 13.0. The van der Waals surface area contributed by atoms with Crippen LogP contribution in [0.25, 0.3) is 0 Å². The molecule has 1 aliphatic rings. The van der Waals surface area contributed by atoms with Crippen LogP contribution in [0.3, 0.4) is 0 Å². The summed E-state index contributed by atoms with van der Waals surface area (Å²) in [6.07, 6.45) is 2.06. The fourth-order valence-corrected chi connectivity index (χ4v) is 3.24. The Bertz CT molecular complexity index is 445. The van der Waals surface area contributed by atoms with Crippen molar-refractivity contribution in [1.82, 2.24) is 0 Å². The van der Waals surface area contributed by atoms with Crippen molar-refractivity contribution in [2.75, 3.05) is 12.9 Å². The van der Waals surface area contributed by atoms with Gasteiger partial charge in [-0.15, -0.1) is 11.8 Å². The summed E-state index contributed by atoms with van der Waals surface area (Å²) in [5, 5.41) is 0. The van der Waals surface area contributed by atoms with Crippen LogP contribution in [-0.4, -0.2) is 24.4 Å². The summed E-state index contributed by atoms with van der Waals surface area (Å²) in [5.74, 6) is 0.570. The van der Waals surface area contributed by atoms with Crippen molar-refractivity contribution in [3.8, 4) is 0 Å². The van der Waals surface area contributed by atoms with Gasteiger partial charge in [-0.3, -0.25) is 4.79 Å². The standard InChI is InChI=1S/C14H19NO2S/c1-10-4-3-5-12(8-10)18-9-14(15,11-6-7-11)13(16)17-2/h3-5,8,11H,6-7,9,15H2,1-2H3. The van der Waals surface area contributed by atoms with Crippen LogP contribution in [0.2, 0.25) is 0 Å². The molecule has 4 heteroatoms. The number of ether oxygens (including phenoxy) is 1. The highest BCUT2D eigenvalue weighted by atomic mass is 32.2. The summed E-state index contributed by atoms with van der Waals surface area (Å²) in [6.45, 7) is 2.06. The van der Waals surface area contributed by atoms with Gasteiger partial charge in [-0.2, -0.15) is 0 Å². The van der Waals surface area contributed by atoms with Gasteiger partial charge in [-0.05, 0) is 37.8 Å². The maximum atomic E-state index is 11.8. The summed E-state index contributed by atoms with van der Waals surface area (Å²) >= 11 is 1.63. The van der Waals surface area contributed by atoms with Gasteiger partial charge in [0.25, 0.3) is 0 Å². The van der Waals surface area contributed by atoms with E-state index in [1.54, 1.807) is 11.8 Å². The number of aryl methyl sites for hydroxylation is 1. The SMILES string of the molecule is COC(=O)C(N)(CSc1cccc(C)c1)C1CC1. The molecule has 98 valence electrons. The number of nitrogens with two attached hydrogens (primary N) is 1. The molecule has 0 saturated heterocycles. The number of rotatable bonds is 5. The third-order valence-corrected chi connectivity index (χ3v) is 4.55. The Balaban J connectivity index is 2.04. The molecule has 1 saturated carbocycles. The van der Waals surface area contributed by atoms with Crippen LogP contribution in [0, 0.1) is 12.8 Å². The molecule has 0 aliphatic heterocycles. The van der Waals surface area contributed by atoms with E-state index < -0.39 is 5.54 Å². The number of methoxy groups -OCH3 is 1. The summed E-state index contributed by atoms with van der Waals surface area (Å²) in [5.41, 5.74) is 6.63. The Kier molecular flexibility index (Phi) is 3.97. The monoisotopic (exact) mass is 265 g/mol. The zero-order chi connectivity index (χ0) is 13.2. The second-order valence-electron chi connectivity index (χ2n) is 4.91. The highest BCUT2D eigenvalue weighted by molar-refractivity contribution is 7.99. The third kappa shape index (κ3) is 2.87. The lowest BCUT2D eigenvalue weighted by molar-refractivity contribution is -0.146. The Morgan fingerprint density at radius 3 is 2.83 bits per heavy atom. The molecule has 1 aromatic rings. The second-order valence-corrected chi connectivity index (χ2v) is 5.96. The lowest BCUT2D eigenvalue weighted by Crippen LogP contribution is -2.53. The molecular formula is C14H19NO2S. The molecule has 2 N–H and O–H groups in total. The Morgan fingerprint density at radius 2 is 2.28 bits per heavy atom. The van der Waals surface area contributed by atoms with E-state index in [4.69, 9.17) is 10.5 Å². The molecule has 0 bridgehead atoms. The molecule has 0 radical (unpaired) electrons. The minimum absolute atomic E-state index is 0.280. The number of carbonyl (C=O) groups is 1. The zero-order valence-electron chi connectivity index (χ0n) is 10.8. The van der Waals surface area contributed by atoms with E-state index in [0.29, 0.717) is 5.75 Å². The number of hydrogen-bond acceptors (Lipinski definition) is 4. The van der Waals surface area contributed by atoms with Crippen LogP contribution >= 0.6 is 11.8 Å². The van der Waals surface area contributed by atoms with Gasteiger partial charge >= 0.3 is 5.97 Å². The van der Waals surface area contributed by atoms with Crippen LogP contribution in [0.15, 0.2) is 29.2 Å². The zero-order valence-corrected chi connectivity index (χ0v) is 11.6. The van der Waals surface area contributed by atoms with Crippen molar-refractivity contribution in [3.63, 3.8) is 0 Å². The molecule has 1 aliphatic carbocycles. The number of thioether (sulfide) groups is 1. The third-order valence-electron chi connectivity index (χ3n) is 3.34. The van der Waals surface area contributed by atoms with Crippen molar-refractivity contribution in [2.24, 2.45) is 11.7 Å². The fraction of sp³-hybridized carbons (Fsp3) is 0.500. The van der Waals surface area contributed by atoms with Crippen LogP contribution in [-0.2, 0) is 9.53 Å². The summed E-state index contributed by atoms with van der Waals surface area (Å²) in [6, 6.07) is 8.23. The Labute approximate surface area is 112 Å². The fourth-order valence-electron chi connectivity index (χ4n) is 2.04. The lowest BCUT2D eigenvalue weighted by Gasteiger charge is -2.26. The van der Waals surface area contributed by atoms with E-state index in [1.165, 1.54) is 12.7 Å². The van der Waals surface area contributed by atoms with Crippen molar-refractivity contribution in [1.29, 1.82) is 0 Å². The maximum absolute atomic E-state index is 11.8. The molecule has 1 unspecified atom stereocenters. The predicted molar refractivity (Wildman–Crippen MR) is 73.6 cm³/mol. The van der Waals surface area contributed by atoms with Crippen molar-refractivity contribution >= 4 is 17.7 Å². The predicted octanol–water partition coefficient (Wildman–Crippen LogP) is 2.37. The van der Waals surface area contributed by atoms with Gasteiger partial charge in [0.05, 0.1) is 7.11 Å². The molecule has 3 nitrogen and oxygen atoms in total. The van der Waals surface area contributed by atoms with E-state index in [9.17, 15) is 4.79 Å². The van der Waals surface area contributed by atoms with Gasteiger partial charge < -0.3 is 10.5 Å². The quantitative estimate of drug-likeness (QED) is 0.656. The van der Waals surface area contributed by atoms with Crippen LogP contribution in [0.5, 0.6) is 0 Å². The smallest absolute Gasteiger partial charge is 0.327 e. The molecule has 1 aromatic carbocycles. The van der Waals surface area contributed by atoms with Crippen LogP contribution in [0.4, 0.5) is 0 Å². The lowest BCUT2D eigenvalue weighted by atomic mass is 9.97. The maximum Gasteiger partial charge on any atom is 0.327 e. The van der Waals surface area contributed by atoms with E-state index in [-0.39, 0.29) is 11.9 Å². The molecule has 0 spiro atoms. The number of carbonyl (C=O) groups excluding carboxylic acids is 1. The molecule has 18 heavy (non-hydrogen) atoms. The number of benzene rings is 1. The molecule has 1 fully saturated rings. The number of hydrogen-bond donors (Lipinski definition) is 1. The molecular weight excluding hydrogens is 246 g/mol. The van der Waals surface area contributed by atoms with Gasteiger partial charge in [0, 0.05) is 10.6 Å². The van der Waals surface area contributed by atoms with Crippen LogP contribution in [0.1, 0.15) is 18.4 Å². The highest BCUT2D eigenvalue weighted by Crippen LogP contribution is 2.41. The second kappa shape index (κ2) is 5.33. The Hall–Kier alpha value is -1.00. The van der Waals surface area contributed by atoms with E-state index >= 15 is 0 Å². The van der Waals surface area contributed by atoms with Gasteiger partial charge in [-0.1, -0.05) is 17.7 Å². The normalized spacial score (nSPS) is 18.2. The van der Waals surface area contributed by atoms with E-state index in [1.807, 2.05) is 12.1 Å². The van der Waals surface area contributed by atoms with Crippen LogP contribution < -0.4 is 5.73 Å². The van der Waals surface area contributed by atoms with Gasteiger partial charge in [0.2, 0.25) is 0 Å². The number of esters is 1. The summed E-state index contributed by atoms with van der Waals surface area (Å²) in [7, 11) is 1.41. The first-order valence-electron chi connectivity index (χ1n) is 6.13. The average molecular weight is 265 g/mol. The first kappa shape index (κ1) is 13.4. The van der Waals surface area contributed by atoms with Gasteiger partial charge in [0.15, 0.2) is 0 Å². The first-order valence-corrected chi connectivity index (χ1v) is 7.11. The van der Waals surface area contributed by atoms with Crippen molar-refractivity contribution < 1.29 is 9.53 Å². The van der Waals surface area contributed by atoms with E-state index in [0.717, 1.165) is 17.7 Å². The van der Waals surface area contributed by atoms with E-state index in [2.05, 4.69) is 19.1 Å². The molecule has 0 amide bonds. The molecule has 2 rings (SSSR count). The highest BCUT2D eigenvalue weighted by Gasteiger charge is 2.48. The topological polar surface area (TPSA) is 52.3 Å². The van der Waals surface area contributed by atoms with Crippen molar-refractivity contribution in [3.05, 3.63) is 29.8 Å². The van der Waals surface area contributed by atoms with Gasteiger partial charge in [0.1, 0.15) is 5.54 Å². The average Bonchev–Trinajstić information content (AvgIpc) is 3.19. The van der Waals surface area contributed by atoms with Gasteiger partial charge in [-0.25, -0.2) is 0 Å². The minimum atomic E-state index is -0.830. The molecule has 0 heterocycles. The summed E-state index contributed by atoms with van der Waals surface area (Å²) < 4.78 is 4.85. The molecule has 0 aromatic heterocycles. The largest absolute Gasteiger partial charge is 0.468 e. The van der Waals surface area contributed by atoms with Crippen molar-refractivity contribution in [2.45, 2.75) is 30.2 Å².